The van der Waals surface area contributed by atoms with E-state index in [1.54, 1.807) is 18.3 Å². The van der Waals surface area contributed by atoms with Crippen molar-refractivity contribution < 1.29 is 14.4 Å². The fourth-order valence-corrected chi connectivity index (χ4v) is 5.10. The summed E-state index contributed by atoms with van der Waals surface area (Å²) >= 11 is 1.73. The quantitative estimate of drug-likeness (QED) is 0.694. The predicted molar refractivity (Wildman–Crippen MR) is 114 cm³/mol. The fraction of sp³-hybridized carbons (Fsp3) is 0.455. The van der Waals surface area contributed by atoms with Crippen LogP contribution in [0.3, 0.4) is 0 Å². The molecule has 1 unspecified atom stereocenters. The van der Waals surface area contributed by atoms with Crippen molar-refractivity contribution >= 4 is 29.2 Å². The summed E-state index contributed by atoms with van der Waals surface area (Å²) in [4.78, 5) is 44.7. The normalized spacial score (nSPS) is 20.8. The van der Waals surface area contributed by atoms with Crippen LogP contribution in [0.15, 0.2) is 24.3 Å². The minimum Gasteiger partial charge on any atom is -0.354 e. The SMILES string of the molecule is Cc1ccc(C2(C)NC(=O)N(CC(=O)NCCc3nc4c(s3)CCCC4)C2=O)cc1. The number of carbonyl (C=O) groups excluding carboxylic acids is 3. The molecule has 2 aliphatic rings. The summed E-state index contributed by atoms with van der Waals surface area (Å²) in [5.74, 6) is -0.771. The van der Waals surface area contributed by atoms with Crippen LogP contribution in [0.1, 0.15) is 46.5 Å². The van der Waals surface area contributed by atoms with Crippen molar-refractivity contribution in [2.24, 2.45) is 0 Å². The van der Waals surface area contributed by atoms with Gasteiger partial charge in [-0.1, -0.05) is 29.8 Å². The lowest BCUT2D eigenvalue weighted by Gasteiger charge is -2.22. The molecule has 0 saturated carbocycles. The summed E-state index contributed by atoms with van der Waals surface area (Å²) in [5.41, 5.74) is 1.81. The zero-order valence-corrected chi connectivity index (χ0v) is 18.1. The molecule has 1 aromatic heterocycles. The van der Waals surface area contributed by atoms with E-state index in [1.165, 1.54) is 23.4 Å². The highest BCUT2D eigenvalue weighted by molar-refractivity contribution is 7.11. The number of benzene rings is 1. The third kappa shape index (κ3) is 3.96. The van der Waals surface area contributed by atoms with Crippen molar-refractivity contribution in [1.29, 1.82) is 0 Å². The van der Waals surface area contributed by atoms with E-state index in [0.29, 0.717) is 18.5 Å². The number of hydrogen-bond acceptors (Lipinski definition) is 5. The van der Waals surface area contributed by atoms with Gasteiger partial charge in [0.1, 0.15) is 12.1 Å². The van der Waals surface area contributed by atoms with Crippen LogP contribution >= 0.6 is 11.3 Å². The first-order valence-electron chi connectivity index (χ1n) is 10.3. The standard InChI is InChI=1S/C22H26N4O3S/c1-14-7-9-15(10-8-14)22(2)20(28)26(21(29)25-22)13-18(27)23-12-11-19-24-16-5-3-4-6-17(16)30-19/h7-10H,3-6,11-13H2,1-2H3,(H,23,27)(H,25,29). The Bertz CT molecular complexity index is 961. The van der Waals surface area contributed by atoms with Gasteiger partial charge in [0.25, 0.3) is 5.91 Å². The van der Waals surface area contributed by atoms with E-state index >= 15 is 0 Å². The number of thiazole rings is 1. The molecule has 0 radical (unpaired) electrons. The maximum Gasteiger partial charge on any atom is 0.325 e. The van der Waals surface area contributed by atoms with E-state index in [4.69, 9.17) is 0 Å². The van der Waals surface area contributed by atoms with Gasteiger partial charge in [0.05, 0.1) is 10.7 Å². The Morgan fingerprint density at radius 1 is 1.23 bits per heavy atom. The summed E-state index contributed by atoms with van der Waals surface area (Å²) < 4.78 is 0. The van der Waals surface area contributed by atoms with Crippen LogP contribution in [0.25, 0.3) is 0 Å². The Kier molecular flexibility index (Phi) is 5.60. The summed E-state index contributed by atoms with van der Waals surface area (Å²) in [6, 6.07) is 6.89. The van der Waals surface area contributed by atoms with E-state index in [9.17, 15) is 14.4 Å². The fourth-order valence-electron chi connectivity index (χ4n) is 3.94. The molecule has 8 heteroatoms. The number of urea groups is 1. The maximum absolute atomic E-state index is 12.9. The summed E-state index contributed by atoms with van der Waals surface area (Å²) in [7, 11) is 0. The van der Waals surface area contributed by atoms with Crippen LogP contribution in [0, 0.1) is 6.92 Å². The van der Waals surface area contributed by atoms with Gasteiger partial charge in [0, 0.05) is 17.8 Å². The number of nitrogens with one attached hydrogen (secondary N) is 2. The second-order valence-corrected chi connectivity index (χ2v) is 9.27. The molecule has 30 heavy (non-hydrogen) atoms. The van der Waals surface area contributed by atoms with Crippen LogP contribution in [0.4, 0.5) is 4.79 Å². The van der Waals surface area contributed by atoms with Gasteiger partial charge in [0.15, 0.2) is 0 Å². The molecule has 1 saturated heterocycles. The molecule has 1 aromatic carbocycles. The zero-order valence-electron chi connectivity index (χ0n) is 17.3. The second kappa shape index (κ2) is 8.18. The Labute approximate surface area is 179 Å². The van der Waals surface area contributed by atoms with Crippen molar-refractivity contribution in [3.8, 4) is 0 Å². The van der Waals surface area contributed by atoms with E-state index < -0.39 is 17.5 Å². The predicted octanol–water partition coefficient (Wildman–Crippen LogP) is 2.46. The van der Waals surface area contributed by atoms with Crippen molar-refractivity contribution in [3.05, 3.63) is 51.0 Å². The number of carbonyl (C=O) groups is 3. The Balaban J connectivity index is 1.32. The molecule has 0 bridgehead atoms. The van der Waals surface area contributed by atoms with Crippen LogP contribution in [0.5, 0.6) is 0 Å². The molecular formula is C22H26N4O3S. The number of aromatic nitrogens is 1. The molecule has 1 atom stereocenters. The topological polar surface area (TPSA) is 91.4 Å². The van der Waals surface area contributed by atoms with Crippen LogP contribution in [-0.4, -0.2) is 40.8 Å². The highest BCUT2D eigenvalue weighted by Crippen LogP contribution is 2.29. The Morgan fingerprint density at radius 3 is 2.70 bits per heavy atom. The lowest BCUT2D eigenvalue weighted by molar-refractivity contribution is -0.134. The molecule has 2 heterocycles. The third-order valence-electron chi connectivity index (χ3n) is 5.76. The largest absolute Gasteiger partial charge is 0.354 e. The van der Waals surface area contributed by atoms with Gasteiger partial charge in [-0.15, -0.1) is 11.3 Å². The minimum atomic E-state index is -1.16. The maximum atomic E-state index is 12.9. The van der Waals surface area contributed by atoms with Gasteiger partial charge in [-0.25, -0.2) is 9.78 Å². The van der Waals surface area contributed by atoms with Gasteiger partial charge in [-0.3, -0.25) is 14.5 Å². The molecule has 7 nitrogen and oxygen atoms in total. The first kappa shape index (κ1) is 20.5. The molecule has 1 aliphatic carbocycles. The average molecular weight is 427 g/mol. The molecule has 1 fully saturated rings. The molecule has 2 N–H and O–H groups in total. The molecule has 4 rings (SSSR count). The third-order valence-corrected chi connectivity index (χ3v) is 6.97. The smallest absolute Gasteiger partial charge is 0.325 e. The van der Waals surface area contributed by atoms with Gasteiger partial charge in [-0.2, -0.15) is 0 Å². The average Bonchev–Trinajstić information content (AvgIpc) is 3.23. The van der Waals surface area contributed by atoms with Gasteiger partial charge >= 0.3 is 6.03 Å². The molecular weight excluding hydrogens is 400 g/mol. The first-order chi connectivity index (χ1) is 14.4. The highest BCUT2D eigenvalue weighted by Gasteiger charge is 2.49. The van der Waals surface area contributed by atoms with E-state index in [2.05, 4.69) is 15.6 Å². The van der Waals surface area contributed by atoms with E-state index in [0.717, 1.165) is 28.3 Å². The number of hydrogen-bond donors (Lipinski definition) is 2. The van der Waals surface area contributed by atoms with Gasteiger partial charge in [-0.05, 0) is 45.1 Å². The van der Waals surface area contributed by atoms with Crippen LogP contribution in [-0.2, 0) is 34.4 Å². The minimum absolute atomic E-state index is 0.291. The Morgan fingerprint density at radius 2 is 1.97 bits per heavy atom. The highest BCUT2D eigenvalue weighted by atomic mass is 32.1. The van der Waals surface area contributed by atoms with Gasteiger partial charge in [0.2, 0.25) is 5.91 Å². The number of rotatable bonds is 6. The molecule has 1 aliphatic heterocycles. The van der Waals surface area contributed by atoms with Crippen LogP contribution < -0.4 is 10.6 Å². The molecule has 4 amide bonds. The van der Waals surface area contributed by atoms with Crippen molar-refractivity contribution in [2.45, 2.75) is 51.5 Å². The number of nitrogens with zero attached hydrogens (tertiary/aromatic N) is 2. The lowest BCUT2D eigenvalue weighted by Crippen LogP contribution is -2.43. The Hall–Kier alpha value is -2.74. The monoisotopic (exact) mass is 426 g/mol. The van der Waals surface area contributed by atoms with Crippen molar-refractivity contribution in [2.75, 3.05) is 13.1 Å². The molecule has 158 valence electrons. The van der Waals surface area contributed by atoms with Crippen molar-refractivity contribution in [3.63, 3.8) is 0 Å². The van der Waals surface area contributed by atoms with Gasteiger partial charge < -0.3 is 10.6 Å². The summed E-state index contributed by atoms with van der Waals surface area (Å²) in [6.07, 6.45) is 5.22. The van der Waals surface area contributed by atoms with Crippen molar-refractivity contribution in [1.82, 2.24) is 20.5 Å². The lowest BCUT2D eigenvalue weighted by atomic mass is 9.91. The number of fused-ring (bicyclic) bond motifs is 1. The molecule has 2 aromatic rings. The zero-order chi connectivity index (χ0) is 21.3. The second-order valence-electron chi connectivity index (χ2n) is 8.10. The summed E-state index contributed by atoms with van der Waals surface area (Å²) in [5, 5.41) is 6.57. The van der Waals surface area contributed by atoms with E-state index in [-0.39, 0.29) is 12.5 Å². The van der Waals surface area contributed by atoms with E-state index in [1.807, 2.05) is 31.2 Å². The summed E-state index contributed by atoms with van der Waals surface area (Å²) in [6.45, 7) is 3.77. The number of amides is 4. The number of imide groups is 1. The van der Waals surface area contributed by atoms with Crippen LogP contribution in [0.2, 0.25) is 0 Å². The molecule has 0 spiro atoms. The number of aryl methyl sites for hydroxylation is 3. The first-order valence-corrected chi connectivity index (χ1v) is 11.1.